The Morgan fingerprint density at radius 1 is 1.21 bits per heavy atom. The number of nitrogens with one attached hydrogen (secondary N) is 2. The molecule has 6 nitrogen and oxygen atoms in total. The highest BCUT2D eigenvalue weighted by molar-refractivity contribution is 5.89. The Kier molecular flexibility index (Phi) is 5.39. The van der Waals surface area contributed by atoms with Crippen LogP contribution < -0.4 is 10.6 Å². The highest BCUT2D eigenvalue weighted by Gasteiger charge is 2.24. The van der Waals surface area contributed by atoms with Crippen molar-refractivity contribution in [1.29, 1.82) is 0 Å². The minimum atomic E-state index is -0.583. The summed E-state index contributed by atoms with van der Waals surface area (Å²) in [6.45, 7) is 7.47. The average Bonchev–Trinajstić information content (AvgIpc) is 3.01. The Balaban J connectivity index is 1.88. The fourth-order valence-electron chi connectivity index (χ4n) is 1.99. The number of carbonyl (C=O) groups is 2. The van der Waals surface area contributed by atoms with Crippen LogP contribution in [0.2, 0.25) is 0 Å². The molecule has 0 aliphatic heterocycles. The van der Waals surface area contributed by atoms with Gasteiger partial charge >= 0.3 is 0 Å². The number of hydrogen-bond donors (Lipinski definition) is 2. The van der Waals surface area contributed by atoms with Gasteiger partial charge in [0.05, 0.1) is 11.9 Å². The predicted molar refractivity (Wildman–Crippen MR) is 92.5 cm³/mol. The zero-order valence-corrected chi connectivity index (χ0v) is 14.5. The van der Waals surface area contributed by atoms with E-state index in [1.165, 1.54) is 0 Å². The van der Waals surface area contributed by atoms with Crippen molar-refractivity contribution in [3.8, 4) is 5.69 Å². The molecule has 6 heteroatoms. The highest BCUT2D eigenvalue weighted by Crippen LogP contribution is 2.13. The maximum atomic E-state index is 12.1. The maximum Gasteiger partial charge on any atom is 0.242 e. The molecule has 0 saturated heterocycles. The fourth-order valence-corrected chi connectivity index (χ4v) is 1.99. The van der Waals surface area contributed by atoms with Crippen LogP contribution in [0.1, 0.15) is 33.3 Å². The third-order valence-electron chi connectivity index (χ3n) is 3.55. The third-order valence-corrected chi connectivity index (χ3v) is 3.55. The number of rotatable bonds is 5. The van der Waals surface area contributed by atoms with Gasteiger partial charge in [-0.05, 0) is 19.1 Å². The van der Waals surface area contributed by atoms with Gasteiger partial charge in [0.15, 0.2) is 0 Å². The van der Waals surface area contributed by atoms with Gasteiger partial charge in [0.2, 0.25) is 11.8 Å². The molecule has 1 heterocycles. The van der Waals surface area contributed by atoms with Gasteiger partial charge in [-0.25, -0.2) is 4.68 Å². The molecule has 128 valence electrons. The van der Waals surface area contributed by atoms with Crippen LogP contribution in [0, 0.1) is 5.41 Å². The van der Waals surface area contributed by atoms with Gasteiger partial charge < -0.3 is 10.6 Å². The number of nitrogens with zero attached hydrogens (tertiary/aromatic N) is 2. The van der Waals surface area contributed by atoms with Gasteiger partial charge in [-0.2, -0.15) is 5.10 Å². The van der Waals surface area contributed by atoms with Gasteiger partial charge in [-0.1, -0.05) is 39.0 Å². The molecule has 0 fully saturated rings. The molecule has 2 rings (SSSR count). The van der Waals surface area contributed by atoms with Crippen molar-refractivity contribution in [2.24, 2.45) is 5.41 Å². The summed E-state index contributed by atoms with van der Waals surface area (Å²) in [6, 6.07) is 9.16. The van der Waals surface area contributed by atoms with Crippen LogP contribution in [0.4, 0.5) is 0 Å². The smallest absolute Gasteiger partial charge is 0.242 e. The van der Waals surface area contributed by atoms with Gasteiger partial charge in [0.25, 0.3) is 0 Å². The molecule has 0 saturated carbocycles. The standard InChI is InChI=1S/C18H24N4O2/c1-13(21-17(24)18(2,3)4)16(23)19-10-14-11-20-22(12-14)15-8-6-5-7-9-15/h5-9,11-13H,10H2,1-4H3,(H,19,23)(H,21,24). The monoisotopic (exact) mass is 328 g/mol. The van der Waals surface area contributed by atoms with Crippen molar-refractivity contribution < 1.29 is 9.59 Å². The first-order chi connectivity index (χ1) is 11.3. The van der Waals surface area contributed by atoms with Gasteiger partial charge in [-0.15, -0.1) is 0 Å². The van der Waals surface area contributed by atoms with Crippen LogP contribution in [-0.4, -0.2) is 27.6 Å². The summed E-state index contributed by atoms with van der Waals surface area (Å²) in [5, 5.41) is 9.81. The van der Waals surface area contributed by atoms with E-state index in [9.17, 15) is 9.59 Å². The van der Waals surface area contributed by atoms with Crippen molar-refractivity contribution >= 4 is 11.8 Å². The van der Waals surface area contributed by atoms with E-state index in [0.29, 0.717) is 6.54 Å². The molecule has 0 spiro atoms. The highest BCUT2D eigenvalue weighted by atomic mass is 16.2. The van der Waals surface area contributed by atoms with E-state index in [1.54, 1.807) is 17.8 Å². The number of hydrogen-bond acceptors (Lipinski definition) is 3. The second-order valence-corrected chi connectivity index (χ2v) is 6.79. The molecular formula is C18H24N4O2. The molecule has 0 aliphatic rings. The lowest BCUT2D eigenvalue weighted by molar-refractivity contribution is -0.133. The summed E-state index contributed by atoms with van der Waals surface area (Å²) in [5.41, 5.74) is 1.33. The largest absolute Gasteiger partial charge is 0.350 e. The van der Waals surface area contributed by atoms with E-state index in [2.05, 4.69) is 15.7 Å². The van der Waals surface area contributed by atoms with Crippen LogP contribution in [0.25, 0.3) is 5.69 Å². The SMILES string of the molecule is CC(NC(=O)C(C)(C)C)C(=O)NCc1cnn(-c2ccccc2)c1. The number of benzene rings is 1. The normalized spacial score (nSPS) is 12.5. The summed E-state index contributed by atoms with van der Waals surface area (Å²) < 4.78 is 1.76. The van der Waals surface area contributed by atoms with E-state index in [-0.39, 0.29) is 11.8 Å². The van der Waals surface area contributed by atoms with Crippen molar-refractivity contribution in [3.63, 3.8) is 0 Å². The summed E-state index contributed by atoms with van der Waals surface area (Å²) in [5.74, 6) is -0.373. The Bertz CT molecular complexity index is 701. The predicted octanol–water partition coefficient (Wildman–Crippen LogP) is 2.04. The van der Waals surface area contributed by atoms with Crippen LogP contribution >= 0.6 is 0 Å². The molecule has 1 aromatic carbocycles. The average molecular weight is 328 g/mol. The molecule has 2 amide bonds. The molecular weight excluding hydrogens is 304 g/mol. The summed E-state index contributed by atoms with van der Waals surface area (Å²) in [6.07, 6.45) is 3.58. The molecule has 0 aliphatic carbocycles. The number of amides is 2. The molecule has 0 radical (unpaired) electrons. The Morgan fingerprint density at radius 3 is 2.50 bits per heavy atom. The molecule has 1 atom stereocenters. The zero-order chi connectivity index (χ0) is 17.7. The van der Waals surface area contributed by atoms with Gasteiger partial charge in [-0.3, -0.25) is 9.59 Å². The lowest BCUT2D eigenvalue weighted by Gasteiger charge is -2.21. The molecule has 2 N–H and O–H groups in total. The van der Waals surface area contributed by atoms with Crippen LogP contribution in [-0.2, 0) is 16.1 Å². The molecule has 0 bridgehead atoms. The van der Waals surface area contributed by atoms with Crippen LogP contribution in [0.5, 0.6) is 0 Å². The van der Waals surface area contributed by atoms with Crippen molar-refractivity contribution in [3.05, 3.63) is 48.3 Å². The molecule has 2 aromatic rings. The minimum Gasteiger partial charge on any atom is -0.350 e. The van der Waals surface area contributed by atoms with Crippen LogP contribution in [0.3, 0.4) is 0 Å². The second kappa shape index (κ2) is 7.29. The molecule has 1 aromatic heterocycles. The first-order valence-electron chi connectivity index (χ1n) is 7.95. The Labute approximate surface area is 142 Å². The maximum absolute atomic E-state index is 12.1. The van der Waals surface area contributed by atoms with E-state index in [4.69, 9.17) is 0 Å². The van der Waals surface area contributed by atoms with Crippen molar-refractivity contribution in [2.45, 2.75) is 40.3 Å². The number of para-hydroxylation sites is 1. The number of carbonyl (C=O) groups excluding carboxylic acids is 2. The quantitative estimate of drug-likeness (QED) is 0.882. The second-order valence-electron chi connectivity index (χ2n) is 6.79. The van der Waals surface area contributed by atoms with Crippen LogP contribution in [0.15, 0.2) is 42.7 Å². The van der Waals surface area contributed by atoms with E-state index >= 15 is 0 Å². The van der Waals surface area contributed by atoms with Gasteiger partial charge in [0.1, 0.15) is 6.04 Å². The fraction of sp³-hybridized carbons (Fsp3) is 0.389. The lowest BCUT2D eigenvalue weighted by Crippen LogP contribution is -2.48. The summed E-state index contributed by atoms with van der Waals surface area (Å²) in [4.78, 5) is 24.0. The van der Waals surface area contributed by atoms with Gasteiger partial charge in [0, 0.05) is 23.7 Å². The lowest BCUT2D eigenvalue weighted by atomic mass is 9.95. The topological polar surface area (TPSA) is 76.0 Å². The first-order valence-corrected chi connectivity index (χ1v) is 7.95. The summed E-state index contributed by atoms with van der Waals surface area (Å²) in [7, 11) is 0. The Hall–Kier alpha value is -2.63. The van der Waals surface area contributed by atoms with Crippen molar-refractivity contribution in [2.75, 3.05) is 0 Å². The third kappa shape index (κ3) is 4.68. The zero-order valence-electron chi connectivity index (χ0n) is 14.5. The van der Waals surface area contributed by atoms with E-state index in [1.807, 2.05) is 57.3 Å². The van der Waals surface area contributed by atoms with E-state index < -0.39 is 11.5 Å². The van der Waals surface area contributed by atoms with E-state index in [0.717, 1.165) is 11.3 Å². The summed E-state index contributed by atoms with van der Waals surface area (Å²) >= 11 is 0. The Morgan fingerprint density at radius 2 is 1.88 bits per heavy atom. The molecule has 24 heavy (non-hydrogen) atoms. The first kappa shape index (κ1) is 17.7. The number of aromatic nitrogens is 2. The minimum absolute atomic E-state index is 0.151. The van der Waals surface area contributed by atoms with Crippen molar-refractivity contribution in [1.82, 2.24) is 20.4 Å². The molecule has 1 unspecified atom stereocenters.